The van der Waals surface area contributed by atoms with E-state index in [9.17, 15) is 4.79 Å². The topological polar surface area (TPSA) is 84.3 Å². The quantitative estimate of drug-likeness (QED) is 0.825. The summed E-state index contributed by atoms with van der Waals surface area (Å²) in [4.78, 5) is 18.6. The van der Waals surface area contributed by atoms with Crippen LogP contribution in [0.25, 0.3) is 0 Å². The lowest BCUT2D eigenvalue weighted by Crippen LogP contribution is -2.22. The van der Waals surface area contributed by atoms with Crippen LogP contribution in [0.2, 0.25) is 0 Å². The molecule has 18 heavy (non-hydrogen) atoms. The number of aromatic carboxylic acids is 1. The molecule has 2 rings (SSSR count). The van der Waals surface area contributed by atoms with Crippen LogP contribution in [0.15, 0.2) is 12.3 Å². The zero-order chi connectivity index (χ0) is 12.8. The molecule has 0 aromatic carbocycles. The molecule has 1 fully saturated rings. The summed E-state index contributed by atoms with van der Waals surface area (Å²) >= 11 is 0. The zero-order valence-electron chi connectivity index (χ0n) is 10.1. The molecular formula is C12H17N3O3. The van der Waals surface area contributed by atoms with Crippen molar-refractivity contribution in [2.45, 2.75) is 31.8 Å². The third-order valence-corrected chi connectivity index (χ3v) is 2.90. The molecule has 0 amide bonds. The van der Waals surface area contributed by atoms with Crippen LogP contribution in [-0.2, 0) is 4.74 Å². The molecule has 1 saturated heterocycles. The summed E-state index contributed by atoms with van der Waals surface area (Å²) in [5.74, 6) is -0.693. The first-order valence-corrected chi connectivity index (χ1v) is 6.17. The first kappa shape index (κ1) is 12.8. The Morgan fingerprint density at radius 2 is 2.44 bits per heavy atom. The largest absolute Gasteiger partial charge is 0.477 e. The number of aromatic nitrogens is 2. The SMILES string of the molecule is O=C(O)c1ccnc(NCCC2CCCCO2)n1. The average Bonchev–Trinajstić information content (AvgIpc) is 2.40. The van der Waals surface area contributed by atoms with Crippen LogP contribution in [0.4, 0.5) is 5.95 Å². The summed E-state index contributed by atoms with van der Waals surface area (Å²) in [6, 6.07) is 1.37. The fourth-order valence-corrected chi connectivity index (χ4v) is 1.94. The number of hydrogen-bond donors (Lipinski definition) is 2. The standard InChI is InChI=1S/C12H17N3O3/c16-11(17)10-5-7-14-12(15-10)13-6-4-9-3-1-2-8-18-9/h5,7,9H,1-4,6,8H2,(H,16,17)(H,13,14,15). The molecule has 1 unspecified atom stereocenters. The molecule has 0 radical (unpaired) electrons. The van der Waals surface area contributed by atoms with Crippen LogP contribution in [-0.4, -0.2) is 40.3 Å². The van der Waals surface area contributed by atoms with Gasteiger partial charge in [0.2, 0.25) is 5.95 Å². The van der Waals surface area contributed by atoms with Crippen LogP contribution in [0.5, 0.6) is 0 Å². The maximum absolute atomic E-state index is 10.7. The molecule has 0 spiro atoms. The van der Waals surface area contributed by atoms with Crippen molar-refractivity contribution in [1.82, 2.24) is 9.97 Å². The van der Waals surface area contributed by atoms with Gasteiger partial charge >= 0.3 is 5.97 Å². The number of carbonyl (C=O) groups is 1. The Balaban J connectivity index is 1.78. The van der Waals surface area contributed by atoms with Crippen molar-refractivity contribution in [3.8, 4) is 0 Å². The lowest BCUT2D eigenvalue weighted by Gasteiger charge is -2.22. The molecule has 2 N–H and O–H groups in total. The predicted molar refractivity (Wildman–Crippen MR) is 65.7 cm³/mol. The van der Waals surface area contributed by atoms with E-state index in [0.717, 1.165) is 25.9 Å². The maximum atomic E-state index is 10.7. The number of nitrogens with one attached hydrogen (secondary N) is 1. The number of nitrogens with zero attached hydrogens (tertiary/aromatic N) is 2. The van der Waals surface area contributed by atoms with E-state index in [2.05, 4.69) is 15.3 Å². The van der Waals surface area contributed by atoms with Gasteiger partial charge in [-0.2, -0.15) is 0 Å². The predicted octanol–water partition coefficient (Wildman–Crippen LogP) is 1.55. The molecule has 1 aliphatic rings. The van der Waals surface area contributed by atoms with Gasteiger partial charge in [0.25, 0.3) is 0 Å². The van der Waals surface area contributed by atoms with E-state index in [4.69, 9.17) is 9.84 Å². The molecule has 6 heteroatoms. The third kappa shape index (κ3) is 3.66. The minimum atomic E-state index is -1.05. The van der Waals surface area contributed by atoms with Gasteiger partial charge in [0.05, 0.1) is 6.10 Å². The Morgan fingerprint density at radius 3 is 3.17 bits per heavy atom. The van der Waals surface area contributed by atoms with Crippen molar-refractivity contribution in [2.24, 2.45) is 0 Å². The van der Waals surface area contributed by atoms with Gasteiger partial charge in [-0.25, -0.2) is 14.8 Å². The molecular weight excluding hydrogens is 234 g/mol. The fraction of sp³-hybridized carbons (Fsp3) is 0.583. The Bertz CT molecular complexity index is 405. The summed E-state index contributed by atoms with van der Waals surface area (Å²) in [6.45, 7) is 1.53. The van der Waals surface area contributed by atoms with Crippen molar-refractivity contribution in [3.05, 3.63) is 18.0 Å². The normalized spacial score (nSPS) is 19.4. The van der Waals surface area contributed by atoms with E-state index in [-0.39, 0.29) is 5.69 Å². The molecule has 6 nitrogen and oxygen atoms in total. The summed E-state index contributed by atoms with van der Waals surface area (Å²) in [5.41, 5.74) is 0.00131. The summed E-state index contributed by atoms with van der Waals surface area (Å²) in [6.07, 6.45) is 6.09. The van der Waals surface area contributed by atoms with Gasteiger partial charge in [-0.05, 0) is 31.7 Å². The maximum Gasteiger partial charge on any atom is 0.354 e. The molecule has 2 heterocycles. The van der Waals surface area contributed by atoms with Gasteiger partial charge in [0.15, 0.2) is 5.69 Å². The second-order valence-corrected chi connectivity index (χ2v) is 4.27. The van der Waals surface area contributed by atoms with Gasteiger partial charge in [-0.1, -0.05) is 0 Å². The van der Waals surface area contributed by atoms with E-state index >= 15 is 0 Å². The van der Waals surface area contributed by atoms with Crippen LogP contribution < -0.4 is 5.32 Å². The first-order valence-electron chi connectivity index (χ1n) is 6.17. The highest BCUT2D eigenvalue weighted by Crippen LogP contribution is 2.15. The molecule has 1 aromatic rings. The number of carboxylic acids is 1. The van der Waals surface area contributed by atoms with E-state index in [1.54, 1.807) is 0 Å². The number of rotatable bonds is 5. The van der Waals surface area contributed by atoms with Crippen molar-refractivity contribution in [1.29, 1.82) is 0 Å². The van der Waals surface area contributed by atoms with Crippen LogP contribution in [0.1, 0.15) is 36.2 Å². The van der Waals surface area contributed by atoms with Crippen LogP contribution in [0.3, 0.4) is 0 Å². The molecule has 0 saturated carbocycles. The second-order valence-electron chi connectivity index (χ2n) is 4.27. The smallest absolute Gasteiger partial charge is 0.354 e. The molecule has 1 aromatic heterocycles. The minimum absolute atomic E-state index is 0.00131. The van der Waals surface area contributed by atoms with Gasteiger partial charge in [-0.15, -0.1) is 0 Å². The van der Waals surface area contributed by atoms with Gasteiger partial charge in [-0.3, -0.25) is 0 Å². The summed E-state index contributed by atoms with van der Waals surface area (Å²) in [5, 5.41) is 11.8. The van der Waals surface area contributed by atoms with E-state index in [1.165, 1.54) is 18.7 Å². The second kappa shape index (κ2) is 6.30. The molecule has 1 aliphatic heterocycles. The third-order valence-electron chi connectivity index (χ3n) is 2.90. The van der Waals surface area contributed by atoms with E-state index in [1.807, 2.05) is 0 Å². The highest BCUT2D eigenvalue weighted by atomic mass is 16.5. The number of ether oxygens (including phenoxy) is 1. The van der Waals surface area contributed by atoms with Crippen LogP contribution >= 0.6 is 0 Å². The number of anilines is 1. The molecule has 0 bridgehead atoms. The monoisotopic (exact) mass is 251 g/mol. The molecule has 0 aliphatic carbocycles. The van der Waals surface area contributed by atoms with E-state index < -0.39 is 5.97 Å². The lowest BCUT2D eigenvalue weighted by molar-refractivity contribution is 0.0134. The van der Waals surface area contributed by atoms with Crippen molar-refractivity contribution >= 4 is 11.9 Å². The minimum Gasteiger partial charge on any atom is -0.477 e. The molecule has 1 atom stereocenters. The van der Waals surface area contributed by atoms with Crippen molar-refractivity contribution in [3.63, 3.8) is 0 Å². The van der Waals surface area contributed by atoms with Gasteiger partial charge in [0.1, 0.15) is 0 Å². The fourth-order valence-electron chi connectivity index (χ4n) is 1.94. The van der Waals surface area contributed by atoms with Crippen molar-refractivity contribution in [2.75, 3.05) is 18.5 Å². The lowest BCUT2D eigenvalue weighted by atomic mass is 10.1. The highest BCUT2D eigenvalue weighted by molar-refractivity contribution is 5.85. The van der Waals surface area contributed by atoms with Crippen molar-refractivity contribution < 1.29 is 14.6 Å². The Labute approximate surface area is 105 Å². The summed E-state index contributed by atoms with van der Waals surface area (Å²) < 4.78 is 5.60. The van der Waals surface area contributed by atoms with E-state index in [0.29, 0.717) is 18.6 Å². The number of hydrogen-bond acceptors (Lipinski definition) is 5. The van der Waals surface area contributed by atoms with Crippen LogP contribution in [0, 0.1) is 0 Å². The van der Waals surface area contributed by atoms with Gasteiger partial charge < -0.3 is 15.2 Å². The number of carboxylic acid groups (broad SMARTS) is 1. The summed E-state index contributed by atoms with van der Waals surface area (Å²) in [7, 11) is 0. The molecule has 98 valence electrons. The Morgan fingerprint density at radius 1 is 1.56 bits per heavy atom. The Kier molecular flexibility index (Phi) is 4.46. The van der Waals surface area contributed by atoms with Gasteiger partial charge in [0, 0.05) is 19.3 Å². The zero-order valence-corrected chi connectivity index (χ0v) is 10.1. The average molecular weight is 251 g/mol. The Hall–Kier alpha value is -1.69. The first-order chi connectivity index (χ1) is 8.75. The highest BCUT2D eigenvalue weighted by Gasteiger charge is 2.13.